The summed E-state index contributed by atoms with van der Waals surface area (Å²) in [5.41, 5.74) is -6.95. The highest BCUT2D eigenvalue weighted by Crippen LogP contribution is 2.62. The van der Waals surface area contributed by atoms with Gasteiger partial charge < -0.3 is 34.6 Å². The molecule has 6 atom stereocenters. The lowest BCUT2D eigenvalue weighted by atomic mass is 9.53. The Hall–Kier alpha value is -4.55. The Morgan fingerprint density at radius 2 is 1.77 bits per heavy atom. The van der Waals surface area contributed by atoms with Crippen LogP contribution in [0.25, 0.3) is 0 Å². The summed E-state index contributed by atoms with van der Waals surface area (Å²) >= 11 is 0. The van der Waals surface area contributed by atoms with Gasteiger partial charge in [-0.25, -0.2) is 4.79 Å². The maximum atomic E-state index is 14.3. The monoisotopic (exact) mass is 590 g/mol. The summed E-state index contributed by atoms with van der Waals surface area (Å²) in [5.74, 6) is -7.35. The van der Waals surface area contributed by atoms with Crippen LogP contribution in [0.2, 0.25) is 0 Å². The first kappa shape index (κ1) is 27.3. The molecule has 1 saturated heterocycles. The topological polar surface area (TPSA) is 194 Å². The molecule has 1 fully saturated rings. The second kappa shape index (κ2) is 8.51. The smallest absolute Gasteiger partial charge is 0.354 e. The van der Waals surface area contributed by atoms with Gasteiger partial charge in [0.25, 0.3) is 0 Å². The van der Waals surface area contributed by atoms with Gasteiger partial charge in [-0.3, -0.25) is 19.2 Å². The zero-order valence-corrected chi connectivity index (χ0v) is 23.0. The molecular formula is C31H26O12. The third kappa shape index (κ3) is 3.14. The fourth-order valence-corrected chi connectivity index (χ4v) is 7.66. The quantitative estimate of drug-likeness (QED) is 0.224. The van der Waals surface area contributed by atoms with Crippen LogP contribution in [0.15, 0.2) is 30.4 Å². The number of hydrogen-bond donors (Lipinski definition) is 4. The van der Waals surface area contributed by atoms with Crippen LogP contribution in [0.5, 0.6) is 17.2 Å². The normalized spacial score (nSPS) is 33.5. The molecule has 0 saturated carbocycles. The Morgan fingerprint density at radius 1 is 1.05 bits per heavy atom. The number of methoxy groups -OCH3 is 1. The van der Waals surface area contributed by atoms with Gasteiger partial charge in [-0.2, -0.15) is 0 Å². The van der Waals surface area contributed by atoms with E-state index in [0.717, 1.165) is 7.11 Å². The van der Waals surface area contributed by atoms with E-state index < -0.39 is 82.0 Å². The van der Waals surface area contributed by atoms with Crippen molar-refractivity contribution < 1.29 is 58.6 Å². The fraction of sp³-hybridized carbons (Fsp3) is 0.387. The van der Waals surface area contributed by atoms with Crippen LogP contribution in [-0.2, 0) is 30.3 Å². The number of allylic oxidation sites excluding steroid dienone is 1. The van der Waals surface area contributed by atoms with Crippen molar-refractivity contribution >= 4 is 29.3 Å². The number of Topliss-reactive ketones (excluding diaryl/α,β-unsaturated/α-hetero) is 3. The van der Waals surface area contributed by atoms with Crippen LogP contribution in [0.4, 0.5) is 0 Å². The van der Waals surface area contributed by atoms with Gasteiger partial charge in [0.1, 0.15) is 22.8 Å². The molecule has 1 spiro atoms. The molecule has 2 aliphatic heterocycles. The molecule has 2 aromatic rings. The summed E-state index contributed by atoms with van der Waals surface area (Å²) in [6.45, 7) is 1.64. The maximum Gasteiger partial charge on any atom is 0.354 e. The van der Waals surface area contributed by atoms with Crippen molar-refractivity contribution in [1.82, 2.24) is 0 Å². The highest BCUT2D eigenvalue weighted by molar-refractivity contribution is 6.24. The van der Waals surface area contributed by atoms with Crippen molar-refractivity contribution in [3.8, 4) is 17.2 Å². The Balaban J connectivity index is 1.47. The molecule has 0 aromatic heterocycles. The maximum absolute atomic E-state index is 14.3. The van der Waals surface area contributed by atoms with Crippen molar-refractivity contribution in [2.24, 2.45) is 5.41 Å². The molecule has 0 radical (unpaired) electrons. The van der Waals surface area contributed by atoms with Gasteiger partial charge in [-0.05, 0) is 48.6 Å². The Kier molecular flexibility index (Phi) is 5.40. The summed E-state index contributed by atoms with van der Waals surface area (Å²) in [7, 11) is 1.07. The zero-order valence-electron chi connectivity index (χ0n) is 23.0. The minimum absolute atomic E-state index is 0.00357. The van der Waals surface area contributed by atoms with E-state index in [0.29, 0.717) is 5.56 Å². The summed E-state index contributed by atoms with van der Waals surface area (Å²) < 4.78 is 16.6. The number of hydrogen-bond acceptors (Lipinski definition) is 12. The van der Waals surface area contributed by atoms with Gasteiger partial charge >= 0.3 is 11.9 Å². The van der Waals surface area contributed by atoms with Crippen LogP contribution < -0.4 is 4.74 Å². The number of phenolic OH excluding ortho intramolecular Hbond substituents is 2. The minimum Gasteiger partial charge on any atom is -0.507 e. The standard InChI is InChI=1S/C31H26O12/c1-12-7-15-22(16(32)8-12)27(38)31(40)26(37)14-5-6-29(31,25(15)36)10-13-9-17(33)23-18(34)11-30(28(39)41-2,43-24(23)21(13)14)19-3-4-20(35)42-19/h5-9,14,19,25,32-33,36,40H,3-4,10-11H2,1-2H3/t14-,19-,25-,29+,30+,31-/m0/s1. The first-order valence-electron chi connectivity index (χ1n) is 13.7. The number of fused-ring (bicyclic) bond motifs is 2. The number of phenols is 2. The van der Waals surface area contributed by atoms with Crippen LogP contribution in [0.3, 0.4) is 0 Å². The van der Waals surface area contributed by atoms with E-state index in [2.05, 4.69) is 0 Å². The number of rotatable bonds is 2. The summed E-state index contributed by atoms with van der Waals surface area (Å²) in [6, 6.07) is 3.99. The van der Waals surface area contributed by atoms with Crippen molar-refractivity contribution in [1.29, 1.82) is 0 Å². The number of cyclic esters (lactones) is 1. The van der Waals surface area contributed by atoms with Crippen LogP contribution >= 0.6 is 0 Å². The van der Waals surface area contributed by atoms with Crippen LogP contribution in [-0.4, -0.2) is 74.1 Å². The molecule has 222 valence electrons. The lowest BCUT2D eigenvalue weighted by molar-refractivity contribution is -0.175. The lowest BCUT2D eigenvalue weighted by Crippen LogP contribution is -2.66. The minimum atomic E-state index is -2.85. The van der Waals surface area contributed by atoms with Crippen LogP contribution in [0.1, 0.15) is 74.3 Å². The molecule has 8 rings (SSSR count). The Morgan fingerprint density at radius 3 is 2.44 bits per heavy atom. The number of carbonyl (C=O) groups is 5. The molecule has 2 heterocycles. The van der Waals surface area contributed by atoms with E-state index in [-0.39, 0.29) is 52.8 Å². The second-order valence-electron chi connectivity index (χ2n) is 11.9. The zero-order chi connectivity index (χ0) is 30.8. The molecule has 0 amide bonds. The molecule has 43 heavy (non-hydrogen) atoms. The number of aliphatic hydroxyl groups excluding tert-OH is 1. The largest absolute Gasteiger partial charge is 0.507 e. The molecule has 2 aromatic carbocycles. The molecule has 6 aliphatic rings. The molecule has 12 heteroatoms. The third-order valence-electron chi connectivity index (χ3n) is 9.63. The van der Waals surface area contributed by atoms with E-state index in [4.69, 9.17) is 14.2 Å². The Bertz CT molecular complexity index is 1760. The molecular weight excluding hydrogens is 564 g/mol. The van der Waals surface area contributed by atoms with Gasteiger partial charge in [0.2, 0.25) is 11.4 Å². The average Bonchev–Trinajstić information content (AvgIpc) is 3.29. The van der Waals surface area contributed by atoms with Gasteiger partial charge in [0.15, 0.2) is 23.3 Å². The number of aliphatic hydroxyl groups is 2. The number of aryl methyl sites for hydroxylation is 1. The number of ketones is 3. The molecule has 12 nitrogen and oxygen atoms in total. The van der Waals surface area contributed by atoms with Crippen molar-refractivity contribution in [2.75, 3.05) is 7.11 Å². The summed E-state index contributed by atoms with van der Waals surface area (Å²) in [6.07, 6.45) is -1.13. The lowest BCUT2D eigenvalue weighted by Gasteiger charge is -2.51. The number of ether oxygens (including phenoxy) is 3. The number of benzene rings is 2. The molecule has 0 unspecified atom stereocenters. The predicted molar refractivity (Wildman–Crippen MR) is 142 cm³/mol. The van der Waals surface area contributed by atoms with E-state index in [9.17, 15) is 44.4 Å². The van der Waals surface area contributed by atoms with Gasteiger partial charge in [-0.15, -0.1) is 0 Å². The predicted octanol–water partition coefficient (Wildman–Crippen LogP) is 1.41. The third-order valence-corrected chi connectivity index (χ3v) is 9.63. The fourth-order valence-electron chi connectivity index (χ4n) is 7.66. The first-order valence-corrected chi connectivity index (χ1v) is 13.7. The van der Waals surface area contributed by atoms with Gasteiger partial charge in [-0.1, -0.05) is 18.2 Å². The van der Waals surface area contributed by atoms with E-state index in [1.54, 1.807) is 6.92 Å². The second-order valence-corrected chi connectivity index (χ2v) is 11.9. The van der Waals surface area contributed by atoms with Gasteiger partial charge in [0, 0.05) is 12.0 Å². The number of aromatic hydroxyl groups is 2. The molecule has 2 bridgehead atoms. The molecule has 4 N–H and O–H groups in total. The van der Waals surface area contributed by atoms with Crippen LogP contribution in [0, 0.1) is 12.3 Å². The van der Waals surface area contributed by atoms with E-state index in [1.807, 2.05) is 0 Å². The SMILES string of the molecule is COC(=O)[C@]1([C@@H]2CCC(=O)O2)CC(=O)c2c(O)cc3c(c2O1)[C@@H]1C=C[C@@]2(C3)[C@@H](O)c3cc(C)cc(O)c3C(=O)[C@@]2(O)C1=O. The molecule has 4 aliphatic carbocycles. The number of carbonyl (C=O) groups excluding carboxylic acids is 5. The highest BCUT2D eigenvalue weighted by atomic mass is 16.6. The van der Waals surface area contributed by atoms with Gasteiger partial charge in [0.05, 0.1) is 36.5 Å². The van der Waals surface area contributed by atoms with E-state index in [1.165, 1.54) is 30.4 Å². The highest BCUT2D eigenvalue weighted by Gasteiger charge is 2.71. The summed E-state index contributed by atoms with van der Waals surface area (Å²) in [4.78, 5) is 67.1. The number of esters is 2. The first-order chi connectivity index (χ1) is 20.3. The van der Waals surface area contributed by atoms with Crippen molar-refractivity contribution in [2.45, 2.75) is 61.9 Å². The van der Waals surface area contributed by atoms with Crippen molar-refractivity contribution in [3.63, 3.8) is 0 Å². The summed E-state index contributed by atoms with van der Waals surface area (Å²) in [5, 5.41) is 45.6. The van der Waals surface area contributed by atoms with E-state index >= 15 is 0 Å². The van der Waals surface area contributed by atoms with Crippen molar-refractivity contribution in [3.05, 3.63) is 63.7 Å². The average molecular weight is 591 g/mol. The Labute approximate surface area is 243 Å².